The van der Waals surface area contributed by atoms with Crippen LogP contribution in [0.3, 0.4) is 0 Å². The van der Waals surface area contributed by atoms with Crippen LogP contribution in [0.15, 0.2) is 12.1 Å². The molecule has 0 spiro atoms. The number of ketones is 2. The topological polar surface area (TPSA) is 69.7 Å². The van der Waals surface area contributed by atoms with Crippen LogP contribution in [0.1, 0.15) is 27.9 Å². The van der Waals surface area contributed by atoms with Crippen LogP contribution in [0.25, 0.3) is 0 Å². The fraction of sp³-hybridized carbons (Fsp3) is 0.357. The number of methoxy groups -OCH3 is 2. The molecule has 0 saturated heterocycles. The van der Waals surface area contributed by atoms with Gasteiger partial charge in [-0.25, -0.2) is 0 Å². The lowest BCUT2D eigenvalue weighted by atomic mass is 9.99. The first-order valence-corrected chi connectivity index (χ1v) is 5.70. The summed E-state index contributed by atoms with van der Waals surface area (Å²) in [5.74, 6) is -1.93. The van der Waals surface area contributed by atoms with Crippen LogP contribution < -0.4 is 4.74 Å². The summed E-state index contributed by atoms with van der Waals surface area (Å²) in [6.45, 7) is 3.60. The number of carbonyl (C=O) groups is 3. The van der Waals surface area contributed by atoms with E-state index < -0.39 is 24.0 Å². The largest absolute Gasteiger partial charge is 0.496 e. The number of esters is 1. The van der Waals surface area contributed by atoms with Gasteiger partial charge in [-0.3, -0.25) is 14.4 Å². The Labute approximate surface area is 111 Å². The zero-order chi connectivity index (χ0) is 14.6. The summed E-state index contributed by atoms with van der Waals surface area (Å²) in [6.07, 6.45) is -0.564. The molecular weight excluding hydrogens is 248 g/mol. The number of Topliss-reactive ketones (excluding diaryl/α,β-unsaturated/α-hetero) is 2. The molecule has 5 heteroatoms. The minimum absolute atomic E-state index is 0.175. The average Bonchev–Trinajstić information content (AvgIpc) is 2.36. The number of hydrogen-bond donors (Lipinski definition) is 0. The summed E-state index contributed by atoms with van der Waals surface area (Å²) in [7, 11) is 2.59. The Morgan fingerprint density at radius 2 is 1.74 bits per heavy atom. The molecule has 1 rings (SSSR count). The number of carbonyl (C=O) groups excluding carboxylic acids is 3. The van der Waals surface area contributed by atoms with Crippen LogP contribution in [0.4, 0.5) is 0 Å². The van der Waals surface area contributed by atoms with Crippen LogP contribution in [-0.4, -0.2) is 31.8 Å². The predicted octanol–water partition coefficient (Wildman–Crippen LogP) is 1.63. The number of rotatable bonds is 5. The molecule has 5 nitrogen and oxygen atoms in total. The molecule has 0 aromatic heterocycles. The van der Waals surface area contributed by atoms with E-state index in [-0.39, 0.29) is 5.56 Å². The van der Waals surface area contributed by atoms with Gasteiger partial charge in [-0.1, -0.05) is 6.07 Å². The van der Waals surface area contributed by atoms with E-state index in [0.29, 0.717) is 5.75 Å². The third-order valence-corrected chi connectivity index (χ3v) is 2.65. The van der Waals surface area contributed by atoms with E-state index in [0.717, 1.165) is 18.2 Å². The molecule has 0 fully saturated rings. The standard InChI is InChI=1S/C14H16O5/c1-8-5-9(2)14(19-4)10(6-8)13(17)11(15)7-12(16)18-3/h5-6H,7H2,1-4H3. The van der Waals surface area contributed by atoms with Crippen LogP contribution in [0, 0.1) is 13.8 Å². The highest BCUT2D eigenvalue weighted by Gasteiger charge is 2.24. The first-order chi connectivity index (χ1) is 8.90. The Hall–Kier alpha value is -2.17. The second-order valence-corrected chi connectivity index (χ2v) is 4.17. The Morgan fingerprint density at radius 3 is 2.26 bits per heavy atom. The Kier molecular flexibility index (Phi) is 4.80. The van der Waals surface area contributed by atoms with Crippen molar-refractivity contribution in [2.24, 2.45) is 0 Å². The van der Waals surface area contributed by atoms with Crippen LogP contribution in [0.2, 0.25) is 0 Å². The maximum absolute atomic E-state index is 12.0. The molecule has 0 unspecified atom stereocenters. The fourth-order valence-electron chi connectivity index (χ4n) is 1.83. The Balaban J connectivity index is 3.12. The second-order valence-electron chi connectivity index (χ2n) is 4.17. The molecule has 0 aliphatic heterocycles. The normalized spacial score (nSPS) is 9.89. The number of aryl methyl sites for hydroxylation is 2. The third kappa shape index (κ3) is 3.40. The van der Waals surface area contributed by atoms with Gasteiger partial charge < -0.3 is 9.47 Å². The smallest absolute Gasteiger partial charge is 0.313 e. The van der Waals surface area contributed by atoms with E-state index in [2.05, 4.69) is 4.74 Å². The lowest BCUT2D eigenvalue weighted by Gasteiger charge is -2.11. The van der Waals surface area contributed by atoms with Gasteiger partial charge in [-0.15, -0.1) is 0 Å². The van der Waals surface area contributed by atoms with Crippen LogP contribution in [-0.2, 0) is 14.3 Å². The maximum Gasteiger partial charge on any atom is 0.313 e. The number of ether oxygens (including phenoxy) is 2. The minimum Gasteiger partial charge on any atom is -0.496 e. The van der Waals surface area contributed by atoms with Crippen molar-refractivity contribution in [3.05, 3.63) is 28.8 Å². The molecule has 102 valence electrons. The molecule has 1 aromatic carbocycles. The van der Waals surface area contributed by atoms with E-state index in [4.69, 9.17) is 4.74 Å². The monoisotopic (exact) mass is 264 g/mol. The minimum atomic E-state index is -0.810. The molecule has 0 radical (unpaired) electrons. The highest BCUT2D eigenvalue weighted by Crippen LogP contribution is 2.25. The van der Waals surface area contributed by atoms with Crippen LogP contribution >= 0.6 is 0 Å². The second kappa shape index (κ2) is 6.13. The third-order valence-electron chi connectivity index (χ3n) is 2.65. The Morgan fingerprint density at radius 1 is 1.11 bits per heavy atom. The number of hydrogen-bond acceptors (Lipinski definition) is 5. The molecule has 0 aliphatic rings. The van der Waals surface area contributed by atoms with E-state index in [9.17, 15) is 14.4 Å². The summed E-state index contributed by atoms with van der Waals surface area (Å²) in [4.78, 5) is 34.8. The van der Waals surface area contributed by atoms with Crippen molar-refractivity contribution in [2.75, 3.05) is 14.2 Å². The lowest BCUT2D eigenvalue weighted by Crippen LogP contribution is -2.20. The predicted molar refractivity (Wildman–Crippen MR) is 68.4 cm³/mol. The SMILES string of the molecule is COC(=O)CC(=O)C(=O)c1cc(C)cc(C)c1OC. The lowest BCUT2D eigenvalue weighted by molar-refractivity contribution is -0.142. The number of benzene rings is 1. The van der Waals surface area contributed by atoms with Gasteiger partial charge in [0, 0.05) is 0 Å². The van der Waals surface area contributed by atoms with Crippen molar-refractivity contribution in [1.29, 1.82) is 0 Å². The van der Waals surface area contributed by atoms with Crippen molar-refractivity contribution in [3.8, 4) is 5.75 Å². The molecule has 0 N–H and O–H groups in total. The zero-order valence-electron chi connectivity index (χ0n) is 11.4. The van der Waals surface area contributed by atoms with Crippen molar-refractivity contribution < 1.29 is 23.9 Å². The molecule has 0 saturated carbocycles. The van der Waals surface area contributed by atoms with Crippen molar-refractivity contribution in [2.45, 2.75) is 20.3 Å². The average molecular weight is 264 g/mol. The van der Waals surface area contributed by atoms with E-state index >= 15 is 0 Å². The molecular formula is C14H16O5. The van der Waals surface area contributed by atoms with Gasteiger partial charge >= 0.3 is 5.97 Å². The van der Waals surface area contributed by atoms with Gasteiger partial charge in [0.1, 0.15) is 12.2 Å². The molecule has 0 atom stereocenters. The molecule has 0 bridgehead atoms. The van der Waals surface area contributed by atoms with Crippen LogP contribution in [0.5, 0.6) is 5.75 Å². The van der Waals surface area contributed by atoms with Gasteiger partial charge in [-0.2, -0.15) is 0 Å². The molecule has 1 aromatic rings. The summed E-state index contributed by atoms with van der Waals surface area (Å²) in [5.41, 5.74) is 1.78. The molecule has 0 aliphatic carbocycles. The van der Waals surface area contributed by atoms with Gasteiger partial charge in [0.25, 0.3) is 0 Å². The fourth-order valence-corrected chi connectivity index (χ4v) is 1.83. The summed E-state index contributed by atoms with van der Waals surface area (Å²) < 4.78 is 9.51. The van der Waals surface area contributed by atoms with E-state index in [1.54, 1.807) is 13.0 Å². The zero-order valence-corrected chi connectivity index (χ0v) is 11.4. The maximum atomic E-state index is 12.0. The van der Waals surface area contributed by atoms with E-state index in [1.165, 1.54) is 7.11 Å². The molecule has 0 heterocycles. The quantitative estimate of drug-likeness (QED) is 0.350. The van der Waals surface area contributed by atoms with Gasteiger partial charge in [0.05, 0.1) is 19.8 Å². The Bertz CT molecular complexity index is 531. The van der Waals surface area contributed by atoms with Gasteiger partial charge in [-0.05, 0) is 31.0 Å². The van der Waals surface area contributed by atoms with Gasteiger partial charge in [0.2, 0.25) is 11.6 Å². The van der Waals surface area contributed by atoms with Gasteiger partial charge in [0.15, 0.2) is 0 Å². The van der Waals surface area contributed by atoms with Crippen molar-refractivity contribution in [3.63, 3.8) is 0 Å². The summed E-state index contributed by atoms with van der Waals surface area (Å²) in [6, 6.07) is 3.42. The highest BCUT2D eigenvalue weighted by atomic mass is 16.5. The highest BCUT2D eigenvalue weighted by molar-refractivity contribution is 6.46. The molecule has 19 heavy (non-hydrogen) atoms. The van der Waals surface area contributed by atoms with Crippen molar-refractivity contribution in [1.82, 2.24) is 0 Å². The molecule has 0 amide bonds. The summed E-state index contributed by atoms with van der Waals surface area (Å²) >= 11 is 0. The first-order valence-electron chi connectivity index (χ1n) is 5.70. The van der Waals surface area contributed by atoms with Crippen molar-refractivity contribution >= 4 is 17.5 Å². The summed E-state index contributed by atoms with van der Waals surface area (Å²) in [5, 5.41) is 0. The van der Waals surface area contributed by atoms with E-state index in [1.807, 2.05) is 13.0 Å². The first kappa shape index (κ1) is 14.9.